The molecule has 0 spiro atoms. The van der Waals surface area contributed by atoms with E-state index in [4.69, 9.17) is 0 Å². The molecule has 0 aliphatic carbocycles. The first-order valence-electron chi connectivity index (χ1n) is 6.87. The first-order valence-corrected chi connectivity index (χ1v) is 6.87. The van der Waals surface area contributed by atoms with Crippen molar-refractivity contribution in [3.05, 3.63) is 0 Å². The Morgan fingerprint density at radius 3 is 2.59 bits per heavy atom. The van der Waals surface area contributed by atoms with Gasteiger partial charge in [-0.3, -0.25) is 10.1 Å². The van der Waals surface area contributed by atoms with E-state index >= 15 is 0 Å². The van der Waals surface area contributed by atoms with Crippen LogP contribution in [0.15, 0.2) is 0 Å². The normalized spacial score (nSPS) is 22.5. The maximum absolute atomic E-state index is 11.7. The highest BCUT2D eigenvalue weighted by Gasteiger charge is 2.30. The van der Waals surface area contributed by atoms with Crippen LogP contribution in [-0.4, -0.2) is 54.1 Å². The monoisotopic (exact) mass is 241 g/mol. The molecule has 1 heterocycles. The van der Waals surface area contributed by atoms with E-state index in [-0.39, 0.29) is 12.1 Å². The van der Waals surface area contributed by atoms with Crippen LogP contribution in [0.2, 0.25) is 0 Å². The molecule has 1 aliphatic heterocycles. The molecule has 0 bridgehead atoms. The van der Waals surface area contributed by atoms with Crippen molar-refractivity contribution in [1.82, 2.24) is 15.1 Å². The third-order valence-electron chi connectivity index (χ3n) is 3.72. The minimum atomic E-state index is 0.200. The van der Waals surface area contributed by atoms with Gasteiger partial charge in [0.2, 0.25) is 5.91 Å². The fourth-order valence-electron chi connectivity index (χ4n) is 2.56. The molecule has 0 saturated carbocycles. The largest absolute Gasteiger partial charge is 0.324 e. The quantitative estimate of drug-likeness (QED) is 0.729. The Kier molecular flexibility index (Phi) is 5.92. The number of hydrogen-bond acceptors (Lipinski definition) is 3. The van der Waals surface area contributed by atoms with Crippen LogP contribution in [0.1, 0.15) is 40.5 Å². The number of carbonyl (C=O) groups excluding carboxylic acids is 1. The molecule has 0 aromatic carbocycles. The van der Waals surface area contributed by atoms with Gasteiger partial charge in [-0.05, 0) is 46.3 Å². The molecule has 2 atom stereocenters. The van der Waals surface area contributed by atoms with Gasteiger partial charge in [0.05, 0.1) is 12.7 Å². The second-order valence-corrected chi connectivity index (χ2v) is 4.88. The maximum atomic E-state index is 11.7. The van der Waals surface area contributed by atoms with Crippen LogP contribution in [0, 0.1) is 0 Å². The Morgan fingerprint density at radius 1 is 1.47 bits per heavy atom. The van der Waals surface area contributed by atoms with Crippen LogP contribution in [0.25, 0.3) is 0 Å². The van der Waals surface area contributed by atoms with Gasteiger partial charge in [0.15, 0.2) is 0 Å². The predicted octanol–water partition coefficient (Wildman–Crippen LogP) is 1.27. The minimum Gasteiger partial charge on any atom is -0.324 e. The molecular weight excluding hydrogens is 214 g/mol. The maximum Gasteiger partial charge on any atom is 0.238 e. The predicted molar refractivity (Wildman–Crippen MR) is 70.8 cm³/mol. The van der Waals surface area contributed by atoms with E-state index in [0.717, 1.165) is 26.1 Å². The average molecular weight is 241 g/mol. The van der Waals surface area contributed by atoms with Gasteiger partial charge in [-0.1, -0.05) is 13.8 Å². The minimum absolute atomic E-state index is 0.200. The van der Waals surface area contributed by atoms with Crippen molar-refractivity contribution in [3.8, 4) is 0 Å². The molecule has 1 fully saturated rings. The number of carbonyl (C=O) groups is 1. The first-order chi connectivity index (χ1) is 8.10. The van der Waals surface area contributed by atoms with Gasteiger partial charge >= 0.3 is 0 Å². The molecule has 1 N–H and O–H groups in total. The number of nitrogens with zero attached hydrogens (tertiary/aromatic N) is 2. The summed E-state index contributed by atoms with van der Waals surface area (Å²) < 4.78 is 0. The summed E-state index contributed by atoms with van der Waals surface area (Å²) in [5, 5.41) is 3.19. The molecule has 1 saturated heterocycles. The number of hydrogen-bond donors (Lipinski definition) is 1. The molecule has 17 heavy (non-hydrogen) atoms. The molecular formula is C13H27N3O. The van der Waals surface area contributed by atoms with Gasteiger partial charge in [0, 0.05) is 6.04 Å². The summed E-state index contributed by atoms with van der Waals surface area (Å²) in [4.78, 5) is 16.1. The summed E-state index contributed by atoms with van der Waals surface area (Å²) in [7, 11) is 0. The number of amides is 1. The number of nitrogens with one attached hydrogen (secondary N) is 1. The molecule has 4 nitrogen and oxygen atoms in total. The van der Waals surface area contributed by atoms with E-state index in [9.17, 15) is 4.79 Å². The Bertz CT molecular complexity index is 241. The van der Waals surface area contributed by atoms with Gasteiger partial charge in [0.25, 0.3) is 0 Å². The summed E-state index contributed by atoms with van der Waals surface area (Å²) in [6, 6.07) is 0.350. The van der Waals surface area contributed by atoms with Gasteiger partial charge in [-0.2, -0.15) is 0 Å². The Labute approximate surface area is 105 Å². The lowest BCUT2D eigenvalue weighted by Crippen LogP contribution is -2.41. The van der Waals surface area contributed by atoms with Crippen molar-refractivity contribution >= 4 is 5.91 Å². The Hall–Kier alpha value is -0.610. The molecule has 2 unspecified atom stereocenters. The van der Waals surface area contributed by atoms with Crippen molar-refractivity contribution in [2.45, 2.75) is 52.7 Å². The lowest BCUT2D eigenvalue weighted by Gasteiger charge is -2.29. The molecule has 0 aromatic rings. The van der Waals surface area contributed by atoms with E-state index in [1.165, 1.54) is 6.42 Å². The molecule has 100 valence electrons. The van der Waals surface area contributed by atoms with E-state index < -0.39 is 0 Å². The highest BCUT2D eigenvalue weighted by Crippen LogP contribution is 2.14. The van der Waals surface area contributed by atoms with Gasteiger partial charge in [-0.15, -0.1) is 0 Å². The van der Waals surface area contributed by atoms with Crippen LogP contribution < -0.4 is 5.32 Å². The first kappa shape index (κ1) is 14.5. The van der Waals surface area contributed by atoms with Crippen LogP contribution in [-0.2, 0) is 4.79 Å². The number of rotatable bonds is 7. The van der Waals surface area contributed by atoms with Crippen molar-refractivity contribution in [3.63, 3.8) is 0 Å². The Balaban J connectivity index is 2.29. The van der Waals surface area contributed by atoms with Crippen molar-refractivity contribution in [2.24, 2.45) is 0 Å². The summed E-state index contributed by atoms with van der Waals surface area (Å²) in [6.45, 7) is 12.5. The zero-order chi connectivity index (χ0) is 12.8. The van der Waals surface area contributed by atoms with E-state index in [2.05, 4.69) is 37.9 Å². The van der Waals surface area contributed by atoms with Gasteiger partial charge < -0.3 is 9.80 Å². The molecule has 1 rings (SSSR count). The zero-order valence-electron chi connectivity index (χ0n) is 11.7. The van der Waals surface area contributed by atoms with Crippen molar-refractivity contribution < 1.29 is 4.79 Å². The SMILES string of the molecule is CCN(CC)CCCC(C)N1C(=O)CNC1C. The average Bonchev–Trinajstić information content (AvgIpc) is 2.64. The van der Waals surface area contributed by atoms with Crippen LogP contribution >= 0.6 is 0 Å². The molecule has 1 aliphatic rings. The van der Waals surface area contributed by atoms with E-state index in [1.807, 2.05) is 4.90 Å². The van der Waals surface area contributed by atoms with Crippen LogP contribution in [0.5, 0.6) is 0 Å². The second-order valence-electron chi connectivity index (χ2n) is 4.88. The topological polar surface area (TPSA) is 35.6 Å². The summed E-state index contributed by atoms with van der Waals surface area (Å²) in [5.41, 5.74) is 0. The Morgan fingerprint density at radius 2 is 2.12 bits per heavy atom. The third-order valence-corrected chi connectivity index (χ3v) is 3.72. The zero-order valence-corrected chi connectivity index (χ0v) is 11.7. The standard InChI is InChI=1S/C13H27N3O/c1-5-15(6-2)9-7-8-11(3)16-12(4)14-10-13(16)17/h11-12,14H,5-10H2,1-4H3. The van der Waals surface area contributed by atoms with E-state index in [1.54, 1.807) is 0 Å². The lowest BCUT2D eigenvalue weighted by molar-refractivity contribution is -0.129. The highest BCUT2D eigenvalue weighted by molar-refractivity contribution is 5.80. The van der Waals surface area contributed by atoms with Gasteiger partial charge in [0.1, 0.15) is 0 Å². The van der Waals surface area contributed by atoms with Gasteiger partial charge in [-0.25, -0.2) is 0 Å². The van der Waals surface area contributed by atoms with Crippen molar-refractivity contribution in [1.29, 1.82) is 0 Å². The molecule has 0 aromatic heterocycles. The summed E-state index contributed by atoms with van der Waals surface area (Å²) in [5.74, 6) is 0.243. The summed E-state index contributed by atoms with van der Waals surface area (Å²) >= 11 is 0. The molecule has 4 heteroatoms. The van der Waals surface area contributed by atoms with Crippen LogP contribution in [0.4, 0.5) is 0 Å². The second kappa shape index (κ2) is 6.97. The fraction of sp³-hybridized carbons (Fsp3) is 0.923. The molecule has 0 radical (unpaired) electrons. The van der Waals surface area contributed by atoms with Crippen LogP contribution in [0.3, 0.4) is 0 Å². The smallest absolute Gasteiger partial charge is 0.238 e. The lowest BCUT2D eigenvalue weighted by atomic mass is 10.1. The third kappa shape index (κ3) is 3.96. The molecule has 1 amide bonds. The highest BCUT2D eigenvalue weighted by atomic mass is 16.2. The van der Waals surface area contributed by atoms with Crippen molar-refractivity contribution in [2.75, 3.05) is 26.2 Å². The van der Waals surface area contributed by atoms with E-state index in [0.29, 0.717) is 12.6 Å². The fourth-order valence-corrected chi connectivity index (χ4v) is 2.56. The summed E-state index contributed by atoms with van der Waals surface area (Å²) in [6.07, 6.45) is 2.46.